The molecule has 2 N–H and O–H groups in total. The van der Waals surface area contributed by atoms with Gasteiger partial charge in [0.15, 0.2) is 0 Å². The Labute approximate surface area is 177 Å². The zero-order valence-electron chi connectivity index (χ0n) is 15.3. The van der Waals surface area contributed by atoms with Gasteiger partial charge in [0.2, 0.25) is 5.91 Å². The standard InChI is InChI=1S/C23H16ClN3OS/c24-16-10-8-15(9-11-16)19-13-29-23(26-19)18-12-21(28)27(22(18)25)20-7-3-5-14-4-1-2-6-17(14)20/h1-11,13,25-26H,12H2/b23-18-,25-22?. The van der Waals surface area contributed by atoms with Crippen LogP contribution in [0.3, 0.4) is 0 Å². The summed E-state index contributed by atoms with van der Waals surface area (Å²) in [5.74, 6) is 0.142. The molecule has 0 spiro atoms. The zero-order valence-corrected chi connectivity index (χ0v) is 16.8. The number of anilines is 1. The summed E-state index contributed by atoms with van der Waals surface area (Å²) in [7, 11) is 0. The first-order valence-electron chi connectivity index (χ1n) is 9.14. The number of benzene rings is 3. The molecule has 0 aromatic heterocycles. The molecule has 2 heterocycles. The lowest BCUT2D eigenvalue weighted by Crippen LogP contribution is -2.29. The van der Waals surface area contributed by atoms with Gasteiger partial charge < -0.3 is 5.32 Å². The first-order chi connectivity index (χ1) is 14.1. The molecule has 0 atom stereocenters. The highest BCUT2D eigenvalue weighted by Gasteiger charge is 2.36. The van der Waals surface area contributed by atoms with Gasteiger partial charge in [-0.05, 0) is 29.1 Å². The van der Waals surface area contributed by atoms with Crippen LogP contribution in [0.25, 0.3) is 16.5 Å². The summed E-state index contributed by atoms with van der Waals surface area (Å²) in [6.07, 6.45) is 0.207. The Morgan fingerprint density at radius 3 is 2.59 bits per heavy atom. The van der Waals surface area contributed by atoms with E-state index in [9.17, 15) is 4.79 Å². The van der Waals surface area contributed by atoms with Gasteiger partial charge in [-0.1, -0.05) is 71.9 Å². The van der Waals surface area contributed by atoms with Gasteiger partial charge in [0.05, 0.1) is 22.8 Å². The molecule has 1 amide bonds. The summed E-state index contributed by atoms with van der Waals surface area (Å²) in [4.78, 5) is 14.4. The number of nitrogens with one attached hydrogen (secondary N) is 2. The van der Waals surface area contributed by atoms with Crippen molar-refractivity contribution < 1.29 is 4.79 Å². The average molecular weight is 418 g/mol. The molecule has 0 aliphatic carbocycles. The van der Waals surface area contributed by atoms with E-state index in [2.05, 4.69) is 5.32 Å². The monoisotopic (exact) mass is 417 g/mol. The van der Waals surface area contributed by atoms with Gasteiger partial charge in [0.25, 0.3) is 0 Å². The number of hydrogen-bond acceptors (Lipinski definition) is 4. The van der Waals surface area contributed by atoms with Crippen molar-refractivity contribution in [2.45, 2.75) is 6.42 Å². The van der Waals surface area contributed by atoms with Crippen LogP contribution in [-0.4, -0.2) is 11.7 Å². The summed E-state index contributed by atoms with van der Waals surface area (Å²) < 4.78 is 0. The van der Waals surface area contributed by atoms with E-state index in [1.54, 1.807) is 0 Å². The highest BCUT2D eigenvalue weighted by Crippen LogP contribution is 2.38. The number of nitrogens with zero attached hydrogens (tertiary/aromatic N) is 1. The average Bonchev–Trinajstić information content (AvgIpc) is 3.33. The van der Waals surface area contributed by atoms with E-state index in [4.69, 9.17) is 17.0 Å². The lowest BCUT2D eigenvalue weighted by atomic mass is 10.1. The van der Waals surface area contributed by atoms with Crippen LogP contribution in [0, 0.1) is 5.41 Å². The fourth-order valence-corrected chi connectivity index (χ4v) is 4.67. The molecule has 6 heteroatoms. The number of amidine groups is 1. The van der Waals surface area contributed by atoms with Crippen molar-refractivity contribution in [1.82, 2.24) is 5.32 Å². The van der Waals surface area contributed by atoms with Crippen LogP contribution in [0.15, 0.2) is 82.7 Å². The number of halogens is 1. The third-order valence-corrected chi connectivity index (χ3v) is 6.26. The number of amides is 1. The third-order valence-electron chi connectivity index (χ3n) is 5.07. The minimum absolute atomic E-state index is 0.0869. The highest BCUT2D eigenvalue weighted by atomic mass is 35.5. The quantitative estimate of drug-likeness (QED) is 0.557. The van der Waals surface area contributed by atoms with Crippen molar-refractivity contribution in [1.29, 1.82) is 5.41 Å². The second kappa shape index (κ2) is 7.10. The normalized spacial score (nSPS) is 19.1. The highest BCUT2D eigenvalue weighted by molar-refractivity contribution is 8.06. The minimum Gasteiger partial charge on any atom is -0.349 e. The molecule has 142 valence electrons. The molecule has 2 aliphatic rings. The van der Waals surface area contributed by atoms with Crippen molar-refractivity contribution in [3.63, 3.8) is 0 Å². The van der Waals surface area contributed by atoms with Crippen molar-refractivity contribution in [3.8, 4) is 0 Å². The van der Waals surface area contributed by atoms with Gasteiger partial charge >= 0.3 is 0 Å². The van der Waals surface area contributed by atoms with Gasteiger partial charge in [-0.15, -0.1) is 0 Å². The van der Waals surface area contributed by atoms with Gasteiger partial charge in [-0.2, -0.15) is 0 Å². The number of thioether (sulfide) groups is 1. The second-order valence-electron chi connectivity index (χ2n) is 6.84. The Hall–Kier alpha value is -3.02. The first kappa shape index (κ1) is 18.0. The van der Waals surface area contributed by atoms with E-state index in [0.717, 1.165) is 32.7 Å². The molecule has 0 bridgehead atoms. The summed E-state index contributed by atoms with van der Waals surface area (Å²) in [6.45, 7) is 0. The predicted octanol–water partition coefficient (Wildman–Crippen LogP) is 5.75. The summed E-state index contributed by atoms with van der Waals surface area (Å²) in [6, 6.07) is 21.3. The number of carbonyl (C=O) groups is 1. The number of rotatable bonds is 2. The van der Waals surface area contributed by atoms with E-state index >= 15 is 0 Å². The SMILES string of the molecule is N=C1/C(=C2/NC(c3ccc(Cl)cc3)=CS2)CC(=O)N1c1cccc2ccccc12. The molecule has 1 saturated heterocycles. The van der Waals surface area contributed by atoms with E-state index < -0.39 is 0 Å². The second-order valence-corrected chi connectivity index (χ2v) is 8.16. The molecular formula is C23H16ClN3OS. The smallest absolute Gasteiger partial charge is 0.237 e. The Bertz CT molecular complexity index is 1230. The maximum absolute atomic E-state index is 12.9. The molecule has 4 nitrogen and oxygen atoms in total. The minimum atomic E-state index is -0.0869. The number of carbonyl (C=O) groups excluding carboxylic acids is 1. The number of hydrogen-bond donors (Lipinski definition) is 2. The topological polar surface area (TPSA) is 56.2 Å². The molecule has 0 saturated carbocycles. The van der Waals surface area contributed by atoms with E-state index in [1.807, 2.05) is 72.1 Å². The molecule has 1 fully saturated rings. The Kier molecular flexibility index (Phi) is 4.42. The fraction of sp³-hybridized carbons (Fsp3) is 0.0435. The molecule has 29 heavy (non-hydrogen) atoms. The maximum atomic E-state index is 12.9. The van der Waals surface area contributed by atoms with Crippen molar-refractivity contribution >= 4 is 57.3 Å². The summed E-state index contributed by atoms with van der Waals surface area (Å²) >= 11 is 7.48. The van der Waals surface area contributed by atoms with Gasteiger partial charge in [0.1, 0.15) is 5.84 Å². The zero-order chi connectivity index (χ0) is 20.0. The van der Waals surface area contributed by atoms with Crippen LogP contribution in [0.1, 0.15) is 12.0 Å². The van der Waals surface area contributed by atoms with Crippen LogP contribution >= 0.6 is 23.4 Å². The van der Waals surface area contributed by atoms with Crippen molar-refractivity contribution in [2.24, 2.45) is 0 Å². The van der Waals surface area contributed by atoms with Crippen LogP contribution in [0.5, 0.6) is 0 Å². The largest absolute Gasteiger partial charge is 0.349 e. The van der Waals surface area contributed by atoms with Gasteiger partial charge in [-0.3, -0.25) is 15.1 Å². The van der Waals surface area contributed by atoms with Crippen molar-refractivity contribution in [2.75, 3.05) is 4.90 Å². The van der Waals surface area contributed by atoms with Crippen molar-refractivity contribution in [3.05, 3.63) is 93.3 Å². The van der Waals surface area contributed by atoms with Gasteiger partial charge in [-0.25, -0.2) is 0 Å². The van der Waals surface area contributed by atoms with Crippen LogP contribution in [0.4, 0.5) is 5.69 Å². The fourth-order valence-electron chi connectivity index (χ4n) is 3.63. The molecule has 0 radical (unpaired) electrons. The molecule has 3 aromatic rings. The molecule has 2 aliphatic heterocycles. The molecule has 5 rings (SSSR count). The van der Waals surface area contributed by atoms with Gasteiger partial charge in [0, 0.05) is 21.4 Å². The van der Waals surface area contributed by atoms with Crippen LogP contribution in [0.2, 0.25) is 5.02 Å². The molecule has 3 aromatic carbocycles. The Morgan fingerprint density at radius 2 is 1.76 bits per heavy atom. The summed E-state index contributed by atoms with van der Waals surface area (Å²) in [5, 5.41) is 17.6. The Morgan fingerprint density at radius 1 is 1.00 bits per heavy atom. The predicted molar refractivity (Wildman–Crippen MR) is 121 cm³/mol. The van der Waals surface area contributed by atoms with E-state index in [1.165, 1.54) is 16.7 Å². The lowest BCUT2D eigenvalue weighted by molar-refractivity contribution is -0.116. The molecule has 0 unspecified atom stereocenters. The molecular weight excluding hydrogens is 402 g/mol. The number of fused-ring (bicyclic) bond motifs is 1. The third kappa shape index (κ3) is 3.12. The lowest BCUT2D eigenvalue weighted by Gasteiger charge is -2.18. The Balaban J connectivity index is 1.48. The van der Waals surface area contributed by atoms with E-state index in [0.29, 0.717) is 10.6 Å². The van der Waals surface area contributed by atoms with Crippen LogP contribution < -0.4 is 10.2 Å². The van der Waals surface area contributed by atoms with E-state index in [-0.39, 0.29) is 18.2 Å². The maximum Gasteiger partial charge on any atom is 0.237 e. The van der Waals surface area contributed by atoms with Crippen LogP contribution in [-0.2, 0) is 4.79 Å². The first-order valence-corrected chi connectivity index (χ1v) is 10.4. The summed E-state index contributed by atoms with van der Waals surface area (Å²) in [5.41, 5.74) is 3.42.